The van der Waals surface area contributed by atoms with Gasteiger partial charge in [-0.05, 0) is 6.07 Å². The van der Waals surface area contributed by atoms with Crippen LogP contribution in [0.15, 0.2) is 17.2 Å². The Bertz CT molecular complexity index is 675. The number of thiophene rings is 1. The van der Waals surface area contributed by atoms with Gasteiger partial charge in [0.1, 0.15) is 6.34 Å². The highest BCUT2D eigenvalue weighted by atomic mass is 35.5. The van der Waals surface area contributed by atoms with Crippen molar-refractivity contribution in [2.75, 3.05) is 14.2 Å². The SMILES string of the molecule is COc1cc2sc(C=NN(N)C=N)cc2c(Cl)c1OC.Cl. The van der Waals surface area contributed by atoms with Crippen molar-refractivity contribution >= 4 is 58.0 Å². The smallest absolute Gasteiger partial charge is 0.180 e. The number of fused-ring (bicyclic) bond motifs is 1. The zero-order valence-electron chi connectivity index (χ0n) is 11.3. The Morgan fingerprint density at radius 2 is 2.10 bits per heavy atom. The zero-order chi connectivity index (χ0) is 14.7. The highest BCUT2D eigenvalue weighted by Crippen LogP contribution is 2.43. The van der Waals surface area contributed by atoms with Gasteiger partial charge in [0, 0.05) is 21.0 Å². The van der Waals surface area contributed by atoms with Crippen molar-refractivity contribution < 1.29 is 9.47 Å². The Labute approximate surface area is 137 Å². The molecule has 0 bridgehead atoms. The number of hydrazone groups is 1. The van der Waals surface area contributed by atoms with Crippen LogP contribution in [0.1, 0.15) is 4.88 Å². The number of nitrogens with zero attached hydrogens (tertiary/aromatic N) is 2. The van der Waals surface area contributed by atoms with Crippen LogP contribution in [-0.2, 0) is 0 Å². The molecule has 21 heavy (non-hydrogen) atoms. The van der Waals surface area contributed by atoms with Crippen molar-refractivity contribution in [3.8, 4) is 11.5 Å². The topological polar surface area (TPSA) is 83.9 Å². The fourth-order valence-electron chi connectivity index (χ4n) is 1.68. The number of nitrogens with two attached hydrogens (primary N) is 1. The summed E-state index contributed by atoms with van der Waals surface area (Å²) in [6.07, 6.45) is 2.47. The summed E-state index contributed by atoms with van der Waals surface area (Å²) >= 11 is 7.80. The standard InChI is InChI=1S/C12H13ClN4O2S.ClH/c1-18-9-4-10-8(11(13)12(9)19-2)3-7(20-10)5-16-17(15)6-14;/h3-6,14H,15H2,1-2H3;1H. The second-order valence-corrected chi connectivity index (χ2v) is 5.23. The first-order chi connectivity index (χ1) is 9.60. The molecule has 3 N–H and O–H groups in total. The monoisotopic (exact) mass is 348 g/mol. The van der Waals surface area contributed by atoms with E-state index >= 15 is 0 Å². The summed E-state index contributed by atoms with van der Waals surface area (Å²) in [4.78, 5) is 0.856. The van der Waals surface area contributed by atoms with Gasteiger partial charge < -0.3 is 9.47 Å². The van der Waals surface area contributed by atoms with Crippen molar-refractivity contribution in [1.82, 2.24) is 5.12 Å². The second kappa shape index (κ2) is 7.46. The average Bonchev–Trinajstić information content (AvgIpc) is 2.87. The van der Waals surface area contributed by atoms with Crippen molar-refractivity contribution in [2.24, 2.45) is 10.9 Å². The van der Waals surface area contributed by atoms with Crippen molar-refractivity contribution in [3.63, 3.8) is 0 Å². The minimum Gasteiger partial charge on any atom is -0.493 e. The van der Waals surface area contributed by atoms with Crippen molar-refractivity contribution in [3.05, 3.63) is 22.0 Å². The van der Waals surface area contributed by atoms with Gasteiger partial charge in [0.15, 0.2) is 11.5 Å². The lowest BCUT2D eigenvalue weighted by Gasteiger charge is -2.09. The van der Waals surface area contributed by atoms with Gasteiger partial charge >= 0.3 is 0 Å². The van der Waals surface area contributed by atoms with Crippen LogP contribution in [0, 0.1) is 5.41 Å². The van der Waals surface area contributed by atoms with Gasteiger partial charge in [0.25, 0.3) is 0 Å². The van der Waals surface area contributed by atoms with Gasteiger partial charge in [-0.3, -0.25) is 5.41 Å². The number of hydrogen-bond donors (Lipinski definition) is 2. The van der Waals surface area contributed by atoms with E-state index < -0.39 is 0 Å². The summed E-state index contributed by atoms with van der Waals surface area (Å²) in [5.74, 6) is 6.45. The Hall–Kier alpha value is -1.54. The summed E-state index contributed by atoms with van der Waals surface area (Å²) in [6, 6.07) is 3.74. The number of hydrogen-bond acceptors (Lipinski definition) is 6. The summed E-state index contributed by atoms with van der Waals surface area (Å²) < 4.78 is 11.5. The lowest BCUT2D eigenvalue weighted by atomic mass is 10.2. The Kier molecular flexibility index (Phi) is 6.22. The summed E-state index contributed by atoms with van der Waals surface area (Å²) in [5, 5.41) is 13.1. The van der Waals surface area contributed by atoms with Crippen LogP contribution in [0.3, 0.4) is 0 Å². The normalized spacial score (nSPS) is 10.5. The third kappa shape index (κ3) is 3.56. The summed E-state index contributed by atoms with van der Waals surface area (Å²) in [6.45, 7) is 0. The molecular weight excluding hydrogens is 335 g/mol. The van der Waals surface area contributed by atoms with E-state index in [1.807, 2.05) is 12.1 Å². The van der Waals surface area contributed by atoms with Crippen LogP contribution >= 0.6 is 35.3 Å². The van der Waals surface area contributed by atoms with E-state index in [1.54, 1.807) is 20.4 Å². The molecule has 0 saturated carbocycles. The molecule has 0 atom stereocenters. The predicted molar refractivity (Wildman–Crippen MR) is 89.6 cm³/mol. The minimum absolute atomic E-state index is 0. The molecule has 0 aliphatic rings. The maximum atomic E-state index is 6.93. The second-order valence-electron chi connectivity index (χ2n) is 3.74. The number of nitrogens with one attached hydrogen (secondary N) is 1. The maximum absolute atomic E-state index is 6.93. The van der Waals surface area contributed by atoms with E-state index in [-0.39, 0.29) is 12.4 Å². The third-order valence-electron chi connectivity index (χ3n) is 2.58. The average molecular weight is 349 g/mol. The van der Waals surface area contributed by atoms with E-state index in [0.717, 1.165) is 26.4 Å². The lowest BCUT2D eigenvalue weighted by molar-refractivity contribution is 0.356. The molecule has 0 aliphatic carbocycles. The van der Waals surface area contributed by atoms with E-state index in [1.165, 1.54) is 11.3 Å². The highest BCUT2D eigenvalue weighted by molar-refractivity contribution is 7.20. The fourth-order valence-corrected chi connectivity index (χ4v) is 3.03. The summed E-state index contributed by atoms with van der Waals surface area (Å²) in [5.41, 5.74) is 0. The number of benzene rings is 1. The molecule has 0 aliphatic heterocycles. The fraction of sp³-hybridized carbons (Fsp3) is 0.167. The van der Waals surface area contributed by atoms with E-state index in [2.05, 4.69) is 5.10 Å². The largest absolute Gasteiger partial charge is 0.493 e. The third-order valence-corrected chi connectivity index (χ3v) is 3.97. The first-order valence-electron chi connectivity index (χ1n) is 5.53. The Balaban J connectivity index is 0.00000220. The lowest BCUT2D eigenvalue weighted by Crippen LogP contribution is -2.22. The summed E-state index contributed by atoms with van der Waals surface area (Å²) in [7, 11) is 3.10. The molecular formula is C12H14Cl2N4O2S. The number of hydrazine groups is 1. The van der Waals surface area contributed by atoms with Gasteiger partial charge in [-0.15, -0.1) is 23.7 Å². The minimum atomic E-state index is 0. The number of halogens is 2. The molecule has 0 amide bonds. The van der Waals surface area contributed by atoms with E-state index in [4.69, 9.17) is 32.3 Å². The first-order valence-corrected chi connectivity index (χ1v) is 6.72. The van der Waals surface area contributed by atoms with Crippen LogP contribution < -0.4 is 15.3 Å². The number of ether oxygens (including phenoxy) is 2. The maximum Gasteiger partial charge on any atom is 0.180 e. The van der Waals surface area contributed by atoms with Crippen molar-refractivity contribution in [1.29, 1.82) is 5.41 Å². The van der Waals surface area contributed by atoms with Gasteiger partial charge in [0.05, 0.1) is 25.5 Å². The Morgan fingerprint density at radius 1 is 1.38 bits per heavy atom. The molecule has 1 aromatic heterocycles. The highest BCUT2D eigenvalue weighted by Gasteiger charge is 2.15. The van der Waals surface area contributed by atoms with Crippen molar-refractivity contribution in [2.45, 2.75) is 0 Å². The van der Waals surface area contributed by atoms with Gasteiger partial charge in [-0.1, -0.05) is 11.6 Å². The molecule has 0 unspecified atom stereocenters. The molecule has 1 heterocycles. The molecule has 2 aromatic rings. The molecule has 2 rings (SSSR count). The first kappa shape index (κ1) is 17.5. The predicted octanol–water partition coefficient (Wildman–Crippen LogP) is 3.11. The molecule has 114 valence electrons. The van der Waals surface area contributed by atoms with Crippen LogP contribution in [0.5, 0.6) is 11.5 Å². The number of methoxy groups -OCH3 is 2. The molecule has 9 heteroatoms. The van der Waals surface area contributed by atoms with Crippen LogP contribution in [0.4, 0.5) is 0 Å². The van der Waals surface area contributed by atoms with Gasteiger partial charge in [-0.25, -0.2) is 5.84 Å². The van der Waals surface area contributed by atoms with E-state index in [0.29, 0.717) is 16.5 Å². The molecule has 0 radical (unpaired) electrons. The van der Waals surface area contributed by atoms with Gasteiger partial charge in [-0.2, -0.15) is 10.2 Å². The van der Waals surface area contributed by atoms with Crippen LogP contribution in [0.25, 0.3) is 10.1 Å². The van der Waals surface area contributed by atoms with E-state index in [9.17, 15) is 0 Å². The van der Waals surface area contributed by atoms with Crippen LogP contribution in [0.2, 0.25) is 5.02 Å². The quantitative estimate of drug-likeness (QED) is 0.376. The molecule has 6 nitrogen and oxygen atoms in total. The molecule has 0 saturated heterocycles. The Morgan fingerprint density at radius 3 is 2.67 bits per heavy atom. The molecule has 0 spiro atoms. The molecule has 0 fully saturated rings. The van der Waals surface area contributed by atoms with Gasteiger partial charge in [0.2, 0.25) is 0 Å². The number of rotatable bonds is 5. The van der Waals surface area contributed by atoms with Crippen LogP contribution in [-0.4, -0.2) is 31.9 Å². The zero-order valence-corrected chi connectivity index (χ0v) is 13.7. The molecule has 1 aromatic carbocycles.